The van der Waals surface area contributed by atoms with Crippen molar-refractivity contribution < 1.29 is 14.1 Å². The summed E-state index contributed by atoms with van der Waals surface area (Å²) in [5, 5.41) is 7.26. The Morgan fingerprint density at radius 2 is 2.00 bits per heavy atom. The van der Waals surface area contributed by atoms with Gasteiger partial charge in [0.05, 0.1) is 18.6 Å². The van der Waals surface area contributed by atoms with Crippen LogP contribution in [0.2, 0.25) is 0 Å². The maximum Gasteiger partial charge on any atom is 0.230 e. The molecule has 1 aliphatic heterocycles. The number of carbonyl (C=O) groups is 1. The molecule has 2 aromatic heterocycles. The van der Waals surface area contributed by atoms with E-state index in [9.17, 15) is 4.79 Å². The molecule has 0 radical (unpaired) electrons. The minimum Gasteiger partial charge on any atom is -0.497 e. The molecule has 32 heavy (non-hydrogen) atoms. The van der Waals surface area contributed by atoms with E-state index in [1.807, 2.05) is 36.4 Å². The molecule has 2 fully saturated rings. The van der Waals surface area contributed by atoms with Crippen molar-refractivity contribution in [2.24, 2.45) is 5.92 Å². The number of amides is 1. The van der Waals surface area contributed by atoms with Gasteiger partial charge in [-0.15, -0.1) is 0 Å². The lowest BCUT2D eigenvalue weighted by molar-refractivity contribution is -0.120. The molecule has 0 bridgehead atoms. The van der Waals surface area contributed by atoms with E-state index < -0.39 is 0 Å². The minimum atomic E-state index is -0.128. The summed E-state index contributed by atoms with van der Waals surface area (Å²) >= 11 is 0. The molecule has 2 aliphatic rings. The zero-order valence-electron chi connectivity index (χ0n) is 18.2. The lowest BCUT2D eigenvalue weighted by Gasteiger charge is -2.33. The summed E-state index contributed by atoms with van der Waals surface area (Å²) in [6.45, 7) is 1.43. The van der Waals surface area contributed by atoms with Gasteiger partial charge in [-0.2, -0.15) is 4.98 Å². The van der Waals surface area contributed by atoms with E-state index >= 15 is 0 Å². The van der Waals surface area contributed by atoms with E-state index in [4.69, 9.17) is 9.26 Å². The Kier molecular flexibility index (Phi) is 5.75. The van der Waals surface area contributed by atoms with Crippen molar-refractivity contribution in [3.8, 4) is 17.1 Å². The van der Waals surface area contributed by atoms with Crippen LogP contribution >= 0.6 is 0 Å². The zero-order valence-corrected chi connectivity index (χ0v) is 18.2. The van der Waals surface area contributed by atoms with E-state index in [1.165, 1.54) is 6.42 Å². The van der Waals surface area contributed by atoms with Crippen LogP contribution in [0.15, 0.2) is 47.1 Å². The Balaban J connectivity index is 1.31. The molecule has 1 atom stereocenters. The predicted octanol–water partition coefficient (Wildman–Crippen LogP) is 4.26. The third kappa shape index (κ3) is 4.17. The monoisotopic (exact) mass is 433 g/mol. The maximum absolute atomic E-state index is 12.9. The smallest absolute Gasteiger partial charge is 0.230 e. The Labute approximate surface area is 187 Å². The van der Waals surface area contributed by atoms with E-state index in [2.05, 4.69) is 25.3 Å². The zero-order chi connectivity index (χ0) is 21.9. The average molecular weight is 434 g/mol. The van der Waals surface area contributed by atoms with Crippen molar-refractivity contribution in [1.29, 1.82) is 0 Å². The molecular formula is C24H27N5O3. The van der Waals surface area contributed by atoms with Gasteiger partial charge in [-0.05, 0) is 62.1 Å². The Bertz CT molecular complexity index is 1080. The number of hydrogen-bond donors (Lipinski definition) is 1. The van der Waals surface area contributed by atoms with Crippen molar-refractivity contribution in [2.45, 2.75) is 38.0 Å². The fourth-order valence-electron chi connectivity index (χ4n) is 4.29. The number of aromatic nitrogens is 3. The van der Waals surface area contributed by atoms with Crippen LogP contribution in [0.3, 0.4) is 0 Å². The van der Waals surface area contributed by atoms with Crippen LogP contribution in [0.5, 0.6) is 5.75 Å². The predicted molar refractivity (Wildman–Crippen MR) is 121 cm³/mol. The summed E-state index contributed by atoms with van der Waals surface area (Å²) in [5.74, 6) is 3.13. The molecule has 1 aromatic carbocycles. The second kappa shape index (κ2) is 8.98. The number of hydrogen-bond acceptors (Lipinski definition) is 7. The van der Waals surface area contributed by atoms with Gasteiger partial charge in [0.2, 0.25) is 17.6 Å². The van der Waals surface area contributed by atoms with Crippen LogP contribution in [-0.2, 0) is 4.79 Å². The standard InChI is InChI=1S/C24H27N5O3/c1-31-19-11-9-18(10-12-19)26-23(30)17-7-4-14-29(15-17)22-20(8-3-13-25-22)21-27-24(32-28-21)16-5-2-6-16/h3,8-13,16-17H,2,4-7,14-15H2,1H3,(H,26,30). The number of pyridine rings is 1. The molecule has 1 unspecified atom stereocenters. The van der Waals surface area contributed by atoms with Gasteiger partial charge >= 0.3 is 0 Å². The van der Waals surface area contributed by atoms with Crippen molar-refractivity contribution in [1.82, 2.24) is 15.1 Å². The first-order valence-corrected chi connectivity index (χ1v) is 11.2. The number of benzene rings is 1. The highest BCUT2D eigenvalue weighted by atomic mass is 16.5. The van der Waals surface area contributed by atoms with Gasteiger partial charge < -0.3 is 19.5 Å². The van der Waals surface area contributed by atoms with E-state index in [0.717, 1.165) is 60.9 Å². The van der Waals surface area contributed by atoms with Crippen LogP contribution in [0.1, 0.15) is 43.9 Å². The molecular weight excluding hydrogens is 406 g/mol. The Hall–Kier alpha value is -3.42. The summed E-state index contributed by atoms with van der Waals surface area (Å²) < 4.78 is 10.7. The minimum absolute atomic E-state index is 0.0178. The second-order valence-corrected chi connectivity index (χ2v) is 8.46. The summed E-state index contributed by atoms with van der Waals surface area (Å²) in [6, 6.07) is 11.2. The number of methoxy groups -OCH3 is 1. The van der Waals surface area contributed by atoms with Crippen LogP contribution in [0.4, 0.5) is 11.5 Å². The van der Waals surface area contributed by atoms with Crippen LogP contribution in [-0.4, -0.2) is 41.2 Å². The summed E-state index contributed by atoms with van der Waals surface area (Å²) in [5.41, 5.74) is 1.61. The Morgan fingerprint density at radius 3 is 2.75 bits per heavy atom. The van der Waals surface area contributed by atoms with E-state index in [-0.39, 0.29) is 11.8 Å². The number of piperidine rings is 1. The number of anilines is 2. The van der Waals surface area contributed by atoms with E-state index in [1.54, 1.807) is 13.3 Å². The van der Waals surface area contributed by atoms with Crippen LogP contribution in [0.25, 0.3) is 11.4 Å². The molecule has 1 amide bonds. The first-order valence-electron chi connectivity index (χ1n) is 11.2. The molecule has 1 N–H and O–H groups in total. The van der Waals surface area contributed by atoms with Gasteiger partial charge in [-0.1, -0.05) is 11.6 Å². The first kappa shape index (κ1) is 20.5. The van der Waals surface area contributed by atoms with Gasteiger partial charge in [-0.25, -0.2) is 4.98 Å². The number of nitrogens with one attached hydrogen (secondary N) is 1. The molecule has 1 saturated carbocycles. The van der Waals surface area contributed by atoms with Gasteiger partial charge in [-0.3, -0.25) is 4.79 Å². The van der Waals surface area contributed by atoms with Crippen molar-refractivity contribution in [2.75, 3.05) is 30.4 Å². The Morgan fingerprint density at radius 1 is 1.16 bits per heavy atom. The van der Waals surface area contributed by atoms with Gasteiger partial charge in [0.25, 0.3) is 0 Å². The van der Waals surface area contributed by atoms with Crippen LogP contribution < -0.4 is 15.0 Å². The molecule has 3 heterocycles. The molecule has 8 nitrogen and oxygen atoms in total. The maximum atomic E-state index is 12.9. The quantitative estimate of drug-likeness (QED) is 0.621. The molecule has 1 saturated heterocycles. The number of carbonyl (C=O) groups excluding carboxylic acids is 1. The summed E-state index contributed by atoms with van der Waals surface area (Å²) in [7, 11) is 1.62. The lowest BCUT2D eigenvalue weighted by Crippen LogP contribution is -2.41. The van der Waals surface area contributed by atoms with Gasteiger partial charge in [0, 0.05) is 30.9 Å². The van der Waals surface area contributed by atoms with Crippen molar-refractivity contribution in [3.63, 3.8) is 0 Å². The van der Waals surface area contributed by atoms with Gasteiger partial charge in [0.1, 0.15) is 11.6 Å². The number of nitrogens with zero attached hydrogens (tertiary/aromatic N) is 4. The second-order valence-electron chi connectivity index (χ2n) is 8.46. The molecule has 166 valence electrons. The summed E-state index contributed by atoms with van der Waals surface area (Å²) in [6.07, 6.45) is 6.96. The normalized spacial score (nSPS) is 18.8. The fraction of sp³-hybridized carbons (Fsp3) is 0.417. The summed E-state index contributed by atoms with van der Waals surface area (Å²) in [4.78, 5) is 24.4. The highest BCUT2D eigenvalue weighted by molar-refractivity contribution is 5.93. The van der Waals surface area contributed by atoms with E-state index in [0.29, 0.717) is 18.3 Å². The largest absolute Gasteiger partial charge is 0.497 e. The molecule has 1 aliphatic carbocycles. The molecule has 5 rings (SSSR count). The average Bonchev–Trinajstić information content (AvgIpc) is 3.28. The lowest BCUT2D eigenvalue weighted by atomic mass is 9.85. The van der Waals surface area contributed by atoms with Gasteiger partial charge in [0.15, 0.2) is 0 Å². The van der Waals surface area contributed by atoms with Crippen molar-refractivity contribution in [3.05, 3.63) is 48.5 Å². The highest BCUT2D eigenvalue weighted by Gasteiger charge is 2.30. The van der Waals surface area contributed by atoms with Crippen LogP contribution in [0, 0.1) is 5.92 Å². The third-order valence-electron chi connectivity index (χ3n) is 6.37. The fourth-order valence-corrected chi connectivity index (χ4v) is 4.29. The third-order valence-corrected chi connectivity index (χ3v) is 6.37. The molecule has 8 heteroatoms. The van der Waals surface area contributed by atoms with Crippen molar-refractivity contribution >= 4 is 17.4 Å². The topological polar surface area (TPSA) is 93.4 Å². The SMILES string of the molecule is COc1ccc(NC(=O)C2CCCN(c3ncccc3-c3noc(C4CCC4)n3)C2)cc1. The highest BCUT2D eigenvalue weighted by Crippen LogP contribution is 2.37. The molecule has 0 spiro atoms. The first-order chi connectivity index (χ1) is 15.7. The number of rotatable bonds is 6. The molecule has 3 aromatic rings. The number of ether oxygens (including phenoxy) is 1.